The van der Waals surface area contributed by atoms with Gasteiger partial charge in [-0.2, -0.15) is 0 Å². The molecule has 0 amide bonds. The van der Waals surface area contributed by atoms with E-state index in [4.69, 9.17) is 0 Å². The first-order valence-electron chi connectivity index (χ1n) is 9.07. The Balaban J connectivity index is 2.19. The van der Waals surface area contributed by atoms with Crippen LogP contribution in [0.2, 0.25) is 0 Å². The van der Waals surface area contributed by atoms with Crippen molar-refractivity contribution in [1.29, 1.82) is 0 Å². The fourth-order valence-electron chi connectivity index (χ4n) is 3.59. The zero-order valence-electron chi connectivity index (χ0n) is 14.9. The molecule has 0 radical (unpaired) electrons. The molecule has 23 heavy (non-hydrogen) atoms. The summed E-state index contributed by atoms with van der Waals surface area (Å²) >= 11 is 0. The van der Waals surface area contributed by atoms with Crippen LogP contribution in [0.5, 0.6) is 0 Å². The Hall–Kier alpha value is -1.82. The molecule has 2 unspecified atom stereocenters. The predicted molar refractivity (Wildman–Crippen MR) is 102 cm³/mol. The van der Waals surface area contributed by atoms with Crippen molar-refractivity contribution in [2.45, 2.75) is 52.9 Å². The van der Waals surface area contributed by atoms with Crippen molar-refractivity contribution in [3.05, 3.63) is 64.7 Å². The second kappa shape index (κ2) is 6.74. The molecular formula is C23H28. The molecule has 0 saturated heterocycles. The minimum atomic E-state index is 0.594. The fourth-order valence-corrected chi connectivity index (χ4v) is 3.59. The van der Waals surface area contributed by atoms with Gasteiger partial charge in [-0.1, -0.05) is 81.8 Å². The summed E-state index contributed by atoms with van der Waals surface area (Å²) < 4.78 is 0. The first-order chi connectivity index (χ1) is 11.2. The number of fused-ring (bicyclic) bond motifs is 1. The van der Waals surface area contributed by atoms with Crippen LogP contribution in [-0.4, -0.2) is 0 Å². The van der Waals surface area contributed by atoms with E-state index in [-0.39, 0.29) is 0 Å². The first kappa shape index (κ1) is 16.1. The van der Waals surface area contributed by atoms with Gasteiger partial charge in [0, 0.05) is 0 Å². The summed E-state index contributed by atoms with van der Waals surface area (Å²) in [5.74, 6) is 1.27. The van der Waals surface area contributed by atoms with Crippen molar-refractivity contribution in [3.63, 3.8) is 0 Å². The van der Waals surface area contributed by atoms with Gasteiger partial charge < -0.3 is 0 Å². The molecule has 0 aromatic heterocycles. The summed E-state index contributed by atoms with van der Waals surface area (Å²) in [5.41, 5.74) is 8.91. The minimum absolute atomic E-state index is 0.594. The highest BCUT2D eigenvalue weighted by atomic mass is 14.3. The Morgan fingerprint density at radius 2 is 1.57 bits per heavy atom. The van der Waals surface area contributed by atoms with Crippen LogP contribution in [0.15, 0.2) is 48.0 Å². The highest BCUT2D eigenvalue weighted by Gasteiger charge is 2.23. The van der Waals surface area contributed by atoms with Crippen molar-refractivity contribution in [3.8, 4) is 11.1 Å². The number of allylic oxidation sites excluding steroid dienone is 1. The standard InChI is InChI=1S/C23H28/c1-5-16(3)20-14-19-12-13-21(17(4)6-2)23(22(19)15-20)18-10-8-7-9-11-18/h7-13,15-17H,5-6,14H2,1-4H3. The molecule has 0 saturated carbocycles. The van der Waals surface area contributed by atoms with Gasteiger partial charge in [0.25, 0.3) is 0 Å². The summed E-state index contributed by atoms with van der Waals surface area (Å²) in [5, 5.41) is 0. The smallest absolute Gasteiger partial charge is 0.00549 e. The number of benzene rings is 2. The van der Waals surface area contributed by atoms with Gasteiger partial charge >= 0.3 is 0 Å². The zero-order valence-corrected chi connectivity index (χ0v) is 14.9. The molecule has 0 bridgehead atoms. The van der Waals surface area contributed by atoms with Gasteiger partial charge in [0.15, 0.2) is 0 Å². The fraction of sp³-hybridized carbons (Fsp3) is 0.391. The maximum atomic E-state index is 2.48. The van der Waals surface area contributed by atoms with Gasteiger partial charge in [-0.3, -0.25) is 0 Å². The van der Waals surface area contributed by atoms with E-state index in [1.807, 2.05) is 0 Å². The molecule has 0 heterocycles. The van der Waals surface area contributed by atoms with Crippen molar-refractivity contribution in [2.75, 3.05) is 0 Å². The van der Waals surface area contributed by atoms with Crippen LogP contribution in [0, 0.1) is 5.92 Å². The van der Waals surface area contributed by atoms with Crippen LogP contribution >= 0.6 is 0 Å². The van der Waals surface area contributed by atoms with Gasteiger partial charge in [0.05, 0.1) is 0 Å². The third kappa shape index (κ3) is 3.00. The van der Waals surface area contributed by atoms with E-state index in [0.717, 1.165) is 6.42 Å². The third-order valence-corrected chi connectivity index (χ3v) is 5.54. The topological polar surface area (TPSA) is 0 Å². The normalized spacial score (nSPS) is 15.9. The number of hydrogen-bond acceptors (Lipinski definition) is 0. The average molecular weight is 304 g/mol. The van der Waals surface area contributed by atoms with E-state index in [0.29, 0.717) is 11.8 Å². The molecule has 0 N–H and O–H groups in total. The van der Waals surface area contributed by atoms with Crippen molar-refractivity contribution in [1.82, 2.24) is 0 Å². The molecule has 120 valence electrons. The van der Waals surface area contributed by atoms with Gasteiger partial charge in [0.2, 0.25) is 0 Å². The van der Waals surface area contributed by atoms with Crippen LogP contribution in [0.25, 0.3) is 17.2 Å². The highest BCUT2D eigenvalue weighted by molar-refractivity contribution is 5.83. The Bertz CT molecular complexity index is 706. The van der Waals surface area contributed by atoms with E-state index in [2.05, 4.69) is 76.2 Å². The van der Waals surface area contributed by atoms with Gasteiger partial charge in [-0.05, 0) is 58.9 Å². The van der Waals surface area contributed by atoms with Crippen molar-refractivity contribution in [2.24, 2.45) is 5.92 Å². The van der Waals surface area contributed by atoms with Crippen LogP contribution in [0.3, 0.4) is 0 Å². The Morgan fingerprint density at radius 1 is 0.870 bits per heavy atom. The Labute approximate surface area is 141 Å². The molecule has 1 aliphatic rings. The molecule has 3 rings (SSSR count). The maximum absolute atomic E-state index is 2.48. The highest BCUT2D eigenvalue weighted by Crippen LogP contribution is 2.41. The summed E-state index contributed by atoms with van der Waals surface area (Å²) in [6.07, 6.45) is 6.02. The summed E-state index contributed by atoms with van der Waals surface area (Å²) in [6, 6.07) is 15.7. The lowest BCUT2D eigenvalue weighted by molar-refractivity contribution is 0.647. The van der Waals surface area contributed by atoms with Gasteiger partial charge in [0.1, 0.15) is 0 Å². The lowest BCUT2D eigenvalue weighted by Gasteiger charge is -2.19. The molecule has 2 aromatic rings. The van der Waals surface area contributed by atoms with E-state index in [1.54, 1.807) is 5.57 Å². The van der Waals surface area contributed by atoms with Crippen LogP contribution in [0.4, 0.5) is 0 Å². The molecule has 0 aliphatic heterocycles. The monoisotopic (exact) mass is 304 g/mol. The van der Waals surface area contributed by atoms with E-state index < -0.39 is 0 Å². The molecule has 0 heteroatoms. The second-order valence-electron chi connectivity index (χ2n) is 6.98. The maximum Gasteiger partial charge on any atom is -0.00549 e. The van der Waals surface area contributed by atoms with E-state index in [9.17, 15) is 0 Å². The van der Waals surface area contributed by atoms with Crippen LogP contribution < -0.4 is 0 Å². The number of hydrogen-bond donors (Lipinski definition) is 0. The molecule has 0 nitrogen and oxygen atoms in total. The van der Waals surface area contributed by atoms with Crippen molar-refractivity contribution >= 4 is 6.08 Å². The Morgan fingerprint density at radius 3 is 2.22 bits per heavy atom. The second-order valence-corrected chi connectivity index (χ2v) is 6.98. The largest absolute Gasteiger partial charge is 0.0648 e. The Kier molecular flexibility index (Phi) is 4.71. The van der Waals surface area contributed by atoms with Crippen LogP contribution in [0.1, 0.15) is 63.1 Å². The molecule has 0 fully saturated rings. The SMILES string of the molecule is CCC(C)C1=Cc2c(ccc(C(C)CC)c2-c2ccccc2)C1. The van der Waals surface area contributed by atoms with Gasteiger partial charge in [-0.25, -0.2) is 0 Å². The number of rotatable bonds is 5. The third-order valence-electron chi connectivity index (χ3n) is 5.54. The summed E-state index contributed by atoms with van der Waals surface area (Å²) in [4.78, 5) is 0. The van der Waals surface area contributed by atoms with Crippen LogP contribution in [-0.2, 0) is 6.42 Å². The lowest BCUT2D eigenvalue weighted by Crippen LogP contribution is -1.99. The summed E-state index contributed by atoms with van der Waals surface area (Å²) in [7, 11) is 0. The lowest BCUT2D eigenvalue weighted by atomic mass is 9.85. The molecule has 2 atom stereocenters. The molecule has 2 aromatic carbocycles. The quantitative estimate of drug-likeness (QED) is 0.566. The predicted octanol–water partition coefficient (Wildman–Crippen LogP) is 6.85. The minimum Gasteiger partial charge on any atom is -0.0648 e. The van der Waals surface area contributed by atoms with Crippen molar-refractivity contribution < 1.29 is 0 Å². The average Bonchev–Trinajstić information content (AvgIpc) is 3.04. The van der Waals surface area contributed by atoms with Gasteiger partial charge in [-0.15, -0.1) is 0 Å². The first-order valence-corrected chi connectivity index (χ1v) is 9.07. The van der Waals surface area contributed by atoms with E-state index >= 15 is 0 Å². The summed E-state index contributed by atoms with van der Waals surface area (Å²) in [6.45, 7) is 9.28. The molecule has 1 aliphatic carbocycles. The zero-order chi connectivity index (χ0) is 16.4. The van der Waals surface area contributed by atoms with E-state index in [1.165, 1.54) is 40.7 Å². The molecule has 0 spiro atoms. The molecular weight excluding hydrogens is 276 g/mol.